The average Bonchev–Trinajstić information content (AvgIpc) is 2.70. The van der Waals surface area contributed by atoms with E-state index in [0.29, 0.717) is 6.42 Å². The van der Waals surface area contributed by atoms with Crippen LogP contribution in [0.3, 0.4) is 0 Å². The molecule has 2 amide bonds. The van der Waals surface area contributed by atoms with E-state index in [-0.39, 0.29) is 27.3 Å². The second kappa shape index (κ2) is 10.1. The number of hydrogen-bond acceptors (Lipinski definition) is 4. The summed E-state index contributed by atoms with van der Waals surface area (Å²) in [6, 6.07) is 9.78. The number of amides is 2. The maximum atomic E-state index is 12.5. The summed E-state index contributed by atoms with van der Waals surface area (Å²) in [6.07, 6.45) is 9.73. The number of primary amides is 1. The molecule has 0 bridgehead atoms. The van der Waals surface area contributed by atoms with Crippen molar-refractivity contribution >= 4 is 33.5 Å². The summed E-state index contributed by atoms with van der Waals surface area (Å²) in [5.74, 6) is -1.20. The van der Waals surface area contributed by atoms with Crippen LogP contribution in [0.5, 0.6) is 0 Å². The lowest BCUT2D eigenvalue weighted by molar-refractivity contribution is -0.138. The van der Waals surface area contributed by atoms with Gasteiger partial charge in [0, 0.05) is 13.0 Å². The fourth-order valence-electron chi connectivity index (χ4n) is 2.61. The maximum absolute atomic E-state index is 12.5. The first-order valence-electron chi connectivity index (χ1n) is 8.46. The third-order valence-corrected chi connectivity index (χ3v) is 6.26. The third-order valence-electron chi connectivity index (χ3n) is 4.24. The Hall–Kier alpha value is -2.42. The summed E-state index contributed by atoms with van der Waals surface area (Å²) in [7, 11) is -2.17. The summed E-state index contributed by atoms with van der Waals surface area (Å²) in [6.45, 7) is 0.239. The van der Waals surface area contributed by atoms with Gasteiger partial charge < -0.3 is 11.1 Å². The molecular formula is C19H21N2O4P2+. The van der Waals surface area contributed by atoms with Crippen molar-refractivity contribution in [3.8, 4) is 0 Å². The van der Waals surface area contributed by atoms with Crippen LogP contribution in [0.4, 0.5) is 0 Å². The molecule has 0 aromatic heterocycles. The Morgan fingerprint density at radius 2 is 2.00 bits per heavy atom. The normalized spacial score (nSPS) is 19.7. The van der Waals surface area contributed by atoms with Crippen molar-refractivity contribution in [2.75, 3.05) is 12.7 Å². The molecule has 1 aliphatic rings. The molecule has 2 atom stereocenters. The predicted molar refractivity (Wildman–Crippen MR) is 107 cm³/mol. The molecule has 0 saturated carbocycles. The number of nitrogens with two attached hydrogens (primary N) is 1. The monoisotopic (exact) mass is 403 g/mol. The molecule has 1 aromatic carbocycles. The van der Waals surface area contributed by atoms with Crippen molar-refractivity contribution in [2.45, 2.75) is 12.8 Å². The van der Waals surface area contributed by atoms with Crippen LogP contribution in [0.25, 0.3) is 6.08 Å². The Balaban J connectivity index is 1.98. The van der Waals surface area contributed by atoms with Crippen molar-refractivity contribution in [1.82, 2.24) is 5.32 Å². The molecule has 27 heavy (non-hydrogen) atoms. The van der Waals surface area contributed by atoms with Crippen LogP contribution >= 0.6 is 15.6 Å². The molecule has 0 heterocycles. The van der Waals surface area contributed by atoms with Crippen LogP contribution in [0.1, 0.15) is 18.4 Å². The van der Waals surface area contributed by atoms with E-state index in [1.165, 1.54) is 6.08 Å². The Bertz CT molecular complexity index is 818. The van der Waals surface area contributed by atoms with Gasteiger partial charge in [0.05, 0.1) is 0 Å². The molecule has 6 nitrogen and oxygen atoms in total. The standard InChI is InChI=1S/C19H20N2O4P2/c20-17(22)19(18(23)21-13-4-14-27(25)26-24)11-9-16(10-12-19)8-7-15-5-2-1-3-6-15/h1-3,5-11H,4,12-14H2,(H2-,20,21,22,23)/p+1/b8-7+. The lowest BCUT2D eigenvalue weighted by atomic mass is 9.78. The van der Waals surface area contributed by atoms with Gasteiger partial charge in [-0.05, 0) is 17.6 Å². The van der Waals surface area contributed by atoms with Gasteiger partial charge in [-0.3, -0.25) is 9.59 Å². The lowest BCUT2D eigenvalue weighted by Crippen LogP contribution is -2.49. The van der Waals surface area contributed by atoms with Gasteiger partial charge in [-0.15, -0.1) is 0 Å². The highest BCUT2D eigenvalue weighted by Gasteiger charge is 2.42. The first kappa shape index (κ1) is 20.9. The van der Waals surface area contributed by atoms with Gasteiger partial charge in [0.15, 0.2) is 6.16 Å². The molecule has 1 aromatic rings. The van der Waals surface area contributed by atoms with Crippen LogP contribution in [0.15, 0.2) is 60.2 Å². The van der Waals surface area contributed by atoms with Crippen LogP contribution < -0.4 is 11.1 Å². The lowest BCUT2D eigenvalue weighted by Gasteiger charge is -2.27. The summed E-state index contributed by atoms with van der Waals surface area (Å²) in [4.78, 5) is 24.5. The van der Waals surface area contributed by atoms with Crippen molar-refractivity contribution in [3.05, 3.63) is 65.8 Å². The number of carbonyl (C=O) groups excluding carboxylic acids is 2. The smallest absolute Gasteiger partial charge is 0.368 e. The van der Waals surface area contributed by atoms with E-state index in [2.05, 4.69) is 5.32 Å². The van der Waals surface area contributed by atoms with E-state index in [0.717, 1.165) is 11.1 Å². The minimum absolute atomic E-state index is 0.173. The minimum Gasteiger partial charge on any atom is -0.368 e. The number of allylic oxidation sites excluding steroid dienone is 4. The molecule has 0 spiro atoms. The third kappa shape index (κ3) is 5.78. The molecule has 2 rings (SSSR count). The van der Waals surface area contributed by atoms with Gasteiger partial charge in [0.2, 0.25) is 11.8 Å². The van der Waals surface area contributed by atoms with E-state index in [1.807, 2.05) is 42.5 Å². The largest absolute Gasteiger partial charge is 0.457 e. The molecule has 0 radical (unpaired) electrons. The second-order valence-corrected chi connectivity index (χ2v) is 9.23. The molecular weight excluding hydrogens is 382 g/mol. The number of nitrogens with one attached hydrogen (secondary N) is 1. The number of benzene rings is 1. The Kier molecular flexibility index (Phi) is 7.78. The van der Waals surface area contributed by atoms with Crippen LogP contribution in [0.2, 0.25) is 0 Å². The van der Waals surface area contributed by atoms with Gasteiger partial charge in [-0.1, -0.05) is 65.3 Å². The number of rotatable bonds is 9. The SMILES string of the molecule is NC(=O)C1(C(=O)NCCC[P+](=O)P=O)C=CC(/C=C/c2ccccc2)=CC1. The minimum atomic E-state index is -1.79. The molecule has 1 aliphatic carbocycles. The van der Waals surface area contributed by atoms with E-state index in [1.54, 1.807) is 12.2 Å². The van der Waals surface area contributed by atoms with E-state index < -0.39 is 24.7 Å². The molecule has 2 unspecified atom stereocenters. The summed E-state index contributed by atoms with van der Waals surface area (Å²) >= 11 is 0. The van der Waals surface area contributed by atoms with Gasteiger partial charge in [-0.25, -0.2) is 4.57 Å². The quantitative estimate of drug-likeness (QED) is 0.373. The highest BCUT2D eigenvalue weighted by atomic mass is 32.0. The van der Waals surface area contributed by atoms with Gasteiger partial charge >= 0.3 is 15.6 Å². The maximum Gasteiger partial charge on any atom is 0.457 e. The molecule has 140 valence electrons. The number of hydrogen-bond donors (Lipinski definition) is 2. The van der Waals surface area contributed by atoms with Crippen molar-refractivity contribution in [1.29, 1.82) is 0 Å². The van der Waals surface area contributed by atoms with Crippen molar-refractivity contribution in [3.63, 3.8) is 0 Å². The zero-order chi connectivity index (χ0) is 19.7. The second-order valence-electron chi connectivity index (χ2n) is 6.09. The van der Waals surface area contributed by atoms with Gasteiger partial charge in [-0.2, -0.15) is 0 Å². The zero-order valence-electron chi connectivity index (χ0n) is 14.7. The first-order chi connectivity index (χ1) is 13.0. The topological polar surface area (TPSA) is 106 Å². The highest BCUT2D eigenvalue weighted by molar-refractivity contribution is 8.09. The Morgan fingerprint density at radius 1 is 1.26 bits per heavy atom. The zero-order valence-corrected chi connectivity index (χ0v) is 16.5. The molecule has 3 N–H and O–H groups in total. The number of carbonyl (C=O) groups is 2. The first-order valence-corrected chi connectivity index (χ1v) is 11.4. The Labute approximate surface area is 160 Å². The molecule has 0 fully saturated rings. The van der Waals surface area contributed by atoms with Crippen LogP contribution in [-0.2, 0) is 18.7 Å². The molecule has 0 saturated heterocycles. The van der Waals surface area contributed by atoms with E-state index >= 15 is 0 Å². The summed E-state index contributed by atoms with van der Waals surface area (Å²) in [5, 5.41) is 2.65. The van der Waals surface area contributed by atoms with Crippen LogP contribution in [0, 0.1) is 5.41 Å². The highest BCUT2D eigenvalue weighted by Crippen LogP contribution is 2.36. The summed E-state index contributed by atoms with van der Waals surface area (Å²) in [5.41, 5.74) is 6.00. The van der Waals surface area contributed by atoms with E-state index in [4.69, 9.17) is 5.73 Å². The van der Waals surface area contributed by atoms with E-state index in [9.17, 15) is 18.7 Å². The van der Waals surface area contributed by atoms with Gasteiger partial charge in [0.1, 0.15) is 5.41 Å². The van der Waals surface area contributed by atoms with Gasteiger partial charge in [0.25, 0.3) is 0 Å². The fourth-order valence-corrected chi connectivity index (χ4v) is 3.79. The molecule has 0 aliphatic heterocycles. The van der Waals surface area contributed by atoms with Crippen molar-refractivity contribution < 1.29 is 18.7 Å². The Morgan fingerprint density at radius 3 is 2.59 bits per heavy atom. The average molecular weight is 403 g/mol. The van der Waals surface area contributed by atoms with Crippen molar-refractivity contribution in [2.24, 2.45) is 11.1 Å². The summed E-state index contributed by atoms with van der Waals surface area (Å²) < 4.78 is 21.6. The fraction of sp³-hybridized carbons (Fsp3) is 0.263. The predicted octanol–water partition coefficient (Wildman–Crippen LogP) is 3.60. The molecule has 8 heteroatoms. The van der Waals surface area contributed by atoms with Crippen LogP contribution in [-0.4, -0.2) is 24.5 Å².